The first-order valence-corrected chi connectivity index (χ1v) is 9.79. The fourth-order valence-electron chi connectivity index (χ4n) is 2.89. The Balaban J connectivity index is 1.95. The number of benzene rings is 2. The highest BCUT2D eigenvalue weighted by atomic mass is 32.1. The second kappa shape index (κ2) is 8.87. The summed E-state index contributed by atoms with van der Waals surface area (Å²) in [5.41, 5.74) is 1.82. The maximum atomic E-state index is 13.9. The molecule has 0 saturated heterocycles. The van der Waals surface area contributed by atoms with E-state index in [2.05, 4.69) is 10.6 Å². The van der Waals surface area contributed by atoms with Crippen LogP contribution in [0.3, 0.4) is 0 Å². The Morgan fingerprint density at radius 1 is 0.967 bits per heavy atom. The quantitative estimate of drug-likeness (QED) is 0.574. The predicted octanol–water partition coefficient (Wildman–Crippen LogP) is 4.80. The summed E-state index contributed by atoms with van der Waals surface area (Å²) in [7, 11) is 1.20. The van der Waals surface area contributed by atoms with E-state index >= 15 is 0 Å². The Labute approximate surface area is 176 Å². The lowest BCUT2D eigenvalue weighted by Gasteiger charge is -2.06. The van der Waals surface area contributed by atoms with Gasteiger partial charge in [-0.3, -0.25) is 9.59 Å². The molecule has 0 unspecified atom stereocenters. The predicted molar refractivity (Wildman–Crippen MR) is 114 cm³/mol. The number of aryl methyl sites for hydroxylation is 1. The zero-order chi connectivity index (χ0) is 21.8. The summed E-state index contributed by atoms with van der Waals surface area (Å²) in [6, 6.07) is 12.8. The molecule has 0 fully saturated rings. The van der Waals surface area contributed by atoms with Crippen LogP contribution in [-0.2, 0) is 4.74 Å². The van der Waals surface area contributed by atoms with Crippen molar-refractivity contribution in [1.29, 1.82) is 0 Å². The SMILES string of the molecule is COC(=O)c1c(NC(=O)c2ccccc2F)sc(C(=O)Nc2cccc(C)c2)c1C. The molecule has 30 heavy (non-hydrogen) atoms. The van der Waals surface area contributed by atoms with Crippen LogP contribution in [0.2, 0.25) is 0 Å². The van der Waals surface area contributed by atoms with Crippen molar-refractivity contribution in [1.82, 2.24) is 0 Å². The van der Waals surface area contributed by atoms with E-state index in [9.17, 15) is 18.8 Å². The molecule has 154 valence electrons. The molecule has 3 rings (SSSR count). The number of nitrogens with one attached hydrogen (secondary N) is 2. The first-order valence-electron chi connectivity index (χ1n) is 8.97. The summed E-state index contributed by atoms with van der Waals surface area (Å²) in [6.45, 7) is 3.49. The Hall–Kier alpha value is -3.52. The number of anilines is 2. The van der Waals surface area contributed by atoms with Crippen LogP contribution in [0.5, 0.6) is 0 Å². The standard InChI is InChI=1S/C22H19FN2O4S/c1-12-7-6-8-14(11-12)24-20(27)18-13(2)17(22(28)29-3)21(30-18)25-19(26)15-9-4-5-10-16(15)23/h4-11H,1-3H3,(H,24,27)(H,25,26). The Morgan fingerprint density at radius 2 is 1.70 bits per heavy atom. The van der Waals surface area contributed by atoms with E-state index in [0.29, 0.717) is 11.3 Å². The van der Waals surface area contributed by atoms with Gasteiger partial charge in [-0.2, -0.15) is 0 Å². The van der Waals surface area contributed by atoms with Crippen LogP contribution in [0.4, 0.5) is 15.1 Å². The number of amides is 2. The van der Waals surface area contributed by atoms with Gasteiger partial charge in [0.15, 0.2) is 0 Å². The highest BCUT2D eigenvalue weighted by molar-refractivity contribution is 7.19. The highest BCUT2D eigenvalue weighted by Gasteiger charge is 2.27. The van der Waals surface area contributed by atoms with E-state index in [1.807, 2.05) is 25.1 Å². The van der Waals surface area contributed by atoms with Crippen LogP contribution in [0.25, 0.3) is 0 Å². The molecule has 8 heteroatoms. The normalized spacial score (nSPS) is 10.4. The number of carbonyl (C=O) groups excluding carboxylic acids is 3. The molecular weight excluding hydrogens is 407 g/mol. The maximum Gasteiger partial charge on any atom is 0.341 e. The first-order chi connectivity index (χ1) is 14.3. The molecular formula is C22H19FN2O4S. The molecule has 0 aliphatic rings. The van der Waals surface area contributed by atoms with E-state index < -0.39 is 23.6 Å². The van der Waals surface area contributed by atoms with Crippen molar-refractivity contribution in [3.63, 3.8) is 0 Å². The summed E-state index contributed by atoms with van der Waals surface area (Å²) >= 11 is 0.923. The first kappa shape index (κ1) is 21.2. The van der Waals surface area contributed by atoms with E-state index in [4.69, 9.17) is 4.74 Å². The zero-order valence-corrected chi connectivity index (χ0v) is 17.4. The second-order valence-corrected chi connectivity index (χ2v) is 7.53. The van der Waals surface area contributed by atoms with Gasteiger partial charge in [-0.15, -0.1) is 11.3 Å². The average molecular weight is 426 g/mol. The minimum absolute atomic E-state index is 0.0570. The van der Waals surface area contributed by atoms with Gasteiger partial charge in [0, 0.05) is 5.69 Å². The molecule has 2 amide bonds. The van der Waals surface area contributed by atoms with E-state index in [1.54, 1.807) is 13.0 Å². The molecule has 2 N–H and O–H groups in total. The average Bonchev–Trinajstić information content (AvgIpc) is 3.03. The van der Waals surface area contributed by atoms with Crippen molar-refractivity contribution in [2.75, 3.05) is 17.7 Å². The van der Waals surface area contributed by atoms with Gasteiger partial charge in [-0.25, -0.2) is 9.18 Å². The van der Waals surface area contributed by atoms with Gasteiger partial charge in [-0.05, 0) is 49.2 Å². The second-order valence-electron chi connectivity index (χ2n) is 6.51. The lowest BCUT2D eigenvalue weighted by molar-refractivity contribution is 0.0601. The Bertz CT molecular complexity index is 1140. The highest BCUT2D eigenvalue weighted by Crippen LogP contribution is 2.34. The van der Waals surface area contributed by atoms with Crippen molar-refractivity contribution in [2.45, 2.75) is 13.8 Å². The van der Waals surface area contributed by atoms with Crippen molar-refractivity contribution in [3.05, 3.63) is 81.5 Å². The van der Waals surface area contributed by atoms with Gasteiger partial charge in [0.2, 0.25) is 0 Å². The van der Waals surface area contributed by atoms with Crippen molar-refractivity contribution < 1.29 is 23.5 Å². The molecule has 0 atom stereocenters. The summed E-state index contributed by atoms with van der Waals surface area (Å²) in [4.78, 5) is 37.9. The minimum atomic E-state index is -0.731. The number of halogens is 1. The number of rotatable bonds is 5. The third-order valence-corrected chi connectivity index (χ3v) is 5.57. The van der Waals surface area contributed by atoms with Gasteiger partial charge in [0.05, 0.1) is 23.1 Å². The van der Waals surface area contributed by atoms with Gasteiger partial charge >= 0.3 is 5.97 Å². The molecule has 1 heterocycles. The fourth-order valence-corrected chi connectivity index (χ4v) is 3.98. The van der Waals surface area contributed by atoms with E-state index in [1.165, 1.54) is 25.3 Å². The monoisotopic (exact) mass is 426 g/mol. The van der Waals surface area contributed by atoms with Crippen LogP contribution in [0.15, 0.2) is 48.5 Å². The zero-order valence-electron chi connectivity index (χ0n) is 16.5. The van der Waals surface area contributed by atoms with Crippen molar-refractivity contribution in [3.8, 4) is 0 Å². The molecule has 0 saturated carbocycles. The maximum absolute atomic E-state index is 13.9. The number of esters is 1. The molecule has 0 bridgehead atoms. The van der Waals surface area contributed by atoms with Crippen LogP contribution in [0, 0.1) is 19.7 Å². The van der Waals surface area contributed by atoms with Crippen LogP contribution < -0.4 is 10.6 Å². The lowest BCUT2D eigenvalue weighted by atomic mass is 10.1. The number of methoxy groups -OCH3 is 1. The lowest BCUT2D eigenvalue weighted by Crippen LogP contribution is -2.15. The third-order valence-electron chi connectivity index (χ3n) is 4.36. The molecule has 0 radical (unpaired) electrons. The molecule has 0 spiro atoms. The smallest absolute Gasteiger partial charge is 0.341 e. The largest absolute Gasteiger partial charge is 0.465 e. The van der Waals surface area contributed by atoms with Crippen molar-refractivity contribution in [2.24, 2.45) is 0 Å². The molecule has 6 nitrogen and oxygen atoms in total. The molecule has 0 aliphatic heterocycles. The fraction of sp³-hybridized carbons (Fsp3) is 0.136. The molecule has 0 aliphatic carbocycles. The molecule has 1 aromatic heterocycles. The summed E-state index contributed by atoms with van der Waals surface area (Å²) in [5.74, 6) is -2.56. The topological polar surface area (TPSA) is 84.5 Å². The molecule has 3 aromatic rings. The van der Waals surface area contributed by atoms with E-state index in [-0.39, 0.29) is 21.0 Å². The summed E-state index contributed by atoms with van der Waals surface area (Å²) in [6.07, 6.45) is 0. The van der Waals surface area contributed by atoms with Gasteiger partial charge in [0.1, 0.15) is 10.8 Å². The van der Waals surface area contributed by atoms with Crippen molar-refractivity contribution >= 4 is 39.8 Å². The summed E-state index contributed by atoms with van der Waals surface area (Å²) < 4.78 is 18.7. The number of hydrogen-bond acceptors (Lipinski definition) is 5. The minimum Gasteiger partial charge on any atom is -0.465 e. The van der Waals surface area contributed by atoms with Crippen LogP contribution >= 0.6 is 11.3 Å². The molecule has 2 aromatic carbocycles. The number of carbonyl (C=O) groups is 3. The number of thiophene rings is 1. The number of ether oxygens (including phenoxy) is 1. The number of hydrogen-bond donors (Lipinski definition) is 2. The Kier molecular flexibility index (Phi) is 6.27. The summed E-state index contributed by atoms with van der Waals surface area (Å²) in [5, 5.41) is 5.42. The van der Waals surface area contributed by atoms with Gasteiger partial charge < -0.3 is 15.4 Å². The Morgan fingerprint density at radius 3 is 2.37 bits per heavy atom. The van der Waals surface area contributed by atoms with Crippen LogP contribution in [-0.4, -0.2) is 24.9 Å². The van der Waals surface area contributed by atoms with Gasteiger partial charge in [0.25, 0.3) is 11.8 Å². The third kappa shape index (κ3) is 4.38. The van der Waals surface area contributed by atoms with Crippen LogP contribution in [0.1, 0.15) is 41.5 Å². The van der Waals surface area contributed by atoms with E-state index in [0.717, 1.165) is 23.0 Å². The van der Waals surface area contributed by atoms with Gasteiger partial charge in [-0.1, -0.05) is 24.3 Å².